The van der Waals surface area contributed by atoms with Crippen LogP contribution in [0.15, 0.2) is 267 Å². The molecule has 0 spiro atoms. The lowest BCUT2D eigenvalue weighted by Crippen LogP contribution is -2.15. The van der Waals surface area contributed by atoms with E-state index in [1.165, 1.54) is 133 Å². The molecule has 0 heterocycles. The highest BCUT2D eigenvalue weighted by atomic mass is 14.4. The first-order chi connectivity index (χ1) is 34.9. The zero-order valence-electron chi connectivity index (χ0n) is 39.9. The van der Waals surface area contributed by atoms with E-state index in [4.69, 9.17) is 0 Å². The van der Waals surface area contributed by atoms with Crippen molar-refractivity contribution in [1.82, 2.24) is 0 Å². The molecule has 0 atom stereocenters. The van der Waals surface area contributed by atoms with Crippen molar-refractivity contribution in [3.8, 4) is 100 Å². The average molecular weight is 903 g/mol. The topological polar surface area (TPSA) is 0 Å². The van der Waals surface area contributed by atoms with Gasteiger partial charge in [0, 0.05) is 5.41 Å². The summed E-state index contributed by atoms with van der Waals surface area (Å²) in [7, 11) is 0. The van der Waals surface area contributed by atoms with Crippen LogP contribution < -0.4 is 0 Å². The third-order valence-electron chi connectivity index (χ3n) is 15.2. The van der Waals surface area contributed by atoms with Gasteiger partial charge in [0.25, 0.3) is 0 Å². The molecule has 0 aliphatic heterocycles. The summed E-state index contributed by atoms with van der Waals surface area (Å²) in [5.74, 6) is 0. The van der Waals surface area contributed by atoms with Crippen LogP contribution in [0, 0.1) is 0 Å². The van der Waals surface area contributed by atoms with Crippen molar-refractivity contribution >= 4 is 21.5 Å². The molecule has 0 aromatic heterocycles. The third kappa shape index (κ3) is 7.48. The summed E-state index contributed by atoms with van der Waals surface area (Å²) in [5, 5.41) is 5.09. The number of hydrogen-bond donors (Lipinski definition) is 0. The van der Waals surface area contributed by atoms with Gasteiger partial charge in [-0.05, 0) is 145 Å². The largest absolute Gasteiger partial charge is 0.0622 e. The van der Waals surface area contributed by atoms with Gasteiger partial charge in [-0.25, -0.2) is 0 Å². The number of fused-ring (bicyclic) bond motifs is 5. The Morgan fingerprint density at radius 2 is 0.394 bits per heavy atom. The first-order valence-corrected chi connectivity index (χ1v) is 24.8. The van der Waals surface area contributed by atoms with Crippen molar-refractivity contribution in [2.24, 2.45) is 0 Å². The van der Waals surface area contributed by atoms with Crippen molar-refractivity contribution < 1.29 is 0 Å². The van der Waals surface area contributed by atoms with E-state index in [0.717, 1.165) is 0 Å². The van der Waals surface area contributed by atoms with Crippen molar-refractivity contribution in [2.75, 3.05) is 0 Å². The van der Waals surface area contributed by atoms with E-state index in [9.17, 15) is 0 Å². The van der Waals surface area contributed by atoms with E-state index in [1.54, 1.807) is 0 Å². The minimum Gasteiger partial charge on any atom is -0.0622 e. The van der Waals surface area contributed by atoms with Crippen molar-refractivity contribution in [3.05, 3.63) is 278 Å². The van der Waals surface area contributed by atoms with E-state index < -0.39 is 0 Å². The summed E-state index contributed by atoms with van der Waals surface area (Å²) in [6, 6.07) is 98.3. The molecule has 0 saturated carbocycles. The zero-order valence-corrected chi connectivity index (χ0v) is 39.9. The summed E-state index contributed by atoms with van der Waals surface area (Å²) in [6.45, 7) is 4.76. The second kappa shape index (κ2) is 17.3. The summed E-state index contributed by atoms with van der Waals surface area (Å²) in [5.41, 5.74) is 25.1. The predicted molar refractivity (Wildman–Crippen MR) is 303 cm³/mol. The fraction of sp³-hybridized carbons (Fsp3) is 0.0423. The monoisotopic (exact) mass is 902 g/mol. The summed E-state index contributed by atoms with van der Waals surface area (Å²) < 4.78 is 0. The van der Waals surface area contributed by atoms with Gasteiger partial charge < -0.3 is 0 Å². The molecule has 1 aliphatic carbocycles. The number of hydrogen-bond acceptors (Lipinski definition) is 0. The van der Waals surface area contributed by atoms with Crippen molar-refractivity contribution in [2.45, 2.75) is 19.3 Å². The molecule has 0 N–H and O–H groups in total. The second-order valence-corrected chi connectivity index (χ2v) is 19.6. The molecule has 13 rings (SSSR count). The van der Waals surface area contributed by atoms with Crippen LogP contribution in [0.5, 0.6) is 0 Å². The Morgan fingerprint density at radius 3 is 0.690 bits per heavy atom. The lowest BCUT2D eigenvalue weighted by Gasteiger charge is -2.22. The van der Waals surface area contributed by atoms with E-state index >= 15 is 0 Å². The summed E-state index contributed by atoms with van der Waals surface area (Å²) >= 11 is 0. The molecule has 0 amide bonds. The normalized spacial score (nSPS) is 12.5. The fourth-order valence-corrected chi connectivity index (χ4v) is 11.3. The van der Waals surface area contributed by atoms with Gasteiger partial charge in [0.1, 0.15) is 0 Å². The maximum Gasteiger partial charge on any atom is 0.0159 e. The zero-order chi connectivity index (χ0) is 47.5. The molecule has 0 unspecified atom stereocenters. The molecule has 0 saturated heterocycles. The van der Waals surface area contributed by atoms with Crippen LogP contribution in [0.3, 0.4) is 0 Å². The van der Waals surface area contributed by atoms with Crippen LogP contribution in [0.2, 0.25) is 0 Å². The van der Waals surface area contributed by atoms with Gasteiger partial charge in [0.05, 0.1) is 0 Å². The van der Waals surface area contributed by atoms with E-state index in [-0.39, 0.29) is 5.41 Å². The highest BCUT2D eigenvalue weighted by molar-refractivity contribution is 6.06. The van der Waals surface area contributed by atoms with E-state index in [1.807, 2.05) is 0 Å². The van der Waals surface area contributed by atoms with Crippen LogP contribution in [0.25, 0.3) is 122 Å². The van der Waals surface area contributed by atoms with Crippen molar-refractivity contribution in [3.63, 3.8) is 0 Å². The molecule has 12 aromatic carbocycles. The summed E-state index contributed by atoms with van der Waals surface area (Å²) in [4.78, 5) is 0. The van der Waals surface area contributed by atoms with Gasteiger partial charge >= 0.3 is 0 Å². The van der Waals surface area contributed by atoms with Gasteiger partial charge in [-0.2, -0.15) is 0 Å². The Balaban J connectivity index is 0.712. The molecule has 1 aliphatic rings. The van der Waals surface area contributed by atoms with Crippen LogP contribution in [0.4, 0.5) is 0 Å². The Bertz CT molecular complexity index is 3930. The lowest BCUT2D eigenvalue weighted by molar-refractivity contribution is 0.661. The molecule has 0 fully saturated rings. The molecular weight excluding hydrogens is 853 g/mol. The molecular formula is C71H50. The predicted octanol–water partition coefficient (Wildman–Crippen LogP) is 19.6. The van der Waals surface area contributed by atoms with Gasteiger partial charge in [-0.1, -0.05) is 269 Å². The summed E-state index contributed by atoms with van der Waals surface area (Å²) in [6.07, 6.45) is 0. The molecule has 0 radical (unpaired) electrons. The Labute approximate surface area is 416 Å². The standard InChI is InChI=1S/C71H50/c1-71(2)69-45-57(37-39-67(69)68-40-38-58(46-70(68)71)52-31-35-56(36-32-52)62-44-42-60(54-15-7-4-8-16-54)64-18-10-12-20-66(62)64)51-27-25-49(26-28-51)47-21-23-48(24-22-47)50-29-33-55(34-30-50)61-43-41-59(53-13-5-3-6-14-53)63-17-9-11-19-65(61)63/h3-46H,1-2H3. The van der Waals surface area contributed by atoms with E-state index in [2.05, 4.69) is 281 Å². The van der Waals surface area contributed by atoms with Gasteiger partial charge in [-0.3, -0.25) is 0 Å². The lowest BCUT2D eigenvalue weighted by atomic mass is 9.80. The van der Waals surface area contributed by atoms with Gasteiger partial charge in [-0.15, -0.1) is 0 Å². The smallest absolute Gasteiger partial charge is 0.0159 e. The molecule has 0 bridgehead atoms. The maximum atomic E-state index is 2.43. The second-order valence-electron chi connectivity index (χ2n) is 19.6. The Kier molecular flexibility index (Phi) is 10.3. The molecule has 71 heavy (non-hydrogen) atoms. The molecule has 12 aromatic rings. The minimum atomic E-state index is -0.138. The Morgan fingerprint density at radius 1 is 0.183 bits per heavy atom. The quantitative estimate of drug-likeness (QED) is 0.143. The first kappa shape index (κ1) is 42.3. The third-order valence-corrected chi connectivity index (χ3v) is 15.2. The Hall–Kier alpha value is -8.84. The SMILES string of the molecule is CC1(C)c2cc(-c3ccc(-c4ccc(-c5ccc(-c6ccc(-c7ccccc7)c7ccccc67)cc5)cc4)cc3)ccc2-c2ccc(-c3ccc(-c4ccc(-c5ccccc5)c5ccccc45)cc3)cc21. The van der Waals surface area contributed by atoms with Gasteiger partial charge in [0.2, 0.25) is 0 Å². The molecule has 334 valence electrons. The van der Waals surface area contributed by atoms with E-state index in [0.29, 0.717) is 0 Å². The molecule has 0 heteroatoms. The van der Waals surface area contributed by atoms with Crippen molar-refractivity contribution in [1.29, 1.82) is 0 Å². The minimum absolute atomic E-state index is 0.138. The maximum absolute atomic E-state index is 2.43. The van der Waals surface area contributed by atoms with Crippen LogP contribution >= 0.6 is 0 Å². The number of rotatable bonds is 8. The van der Waals surface area contributed by atoms with Crippen LogP contribution in [-0.2, 0) is 5.41 Å². The fourth-order valence-electron chi connectivity index (χ4n) is 11.3. The first-order valence-electron chi connectivity index (χ1n) is 24.8. The highest BCUT2D eigenvalue weighted by Gasteiger charge is 2.36. The molecule has 0 nitrogen and oxygen atoms in total. The van der Waals surface area contributed by atoms with Crippen LogP contribution in [-0.4, -0.2) is 0 Å². The number of benzene rings is 12. The van der Waals surface area contributed by atoms with Crippen LogP contribution in [0.1, 0.15) is 25.0 Å². The highest BCUT2D eigenvalue weighted by Crippen LogP contribution is 2.51. The van der Waals surface area contributed by atoms with Gasteiger partial charge in [0.15, 0.2) is 0 Å². The average Bonchev–Trinajstić information content (AvgIpc) is 3.67.